The second-order valence-corrected chi connectivity index (χ2v) is 6.22. The van der Waals surface area contributed by atoms with Crippen molar-refractivity contribution in [2.45, 2.75) is 45.8 Å². The molecule has 1 rings (SSSR count). The number of nitrogens with two attached hydrogens (primary N) is 1. The van der Waals surface area contributed by atoms with Crippen LogP contribution >= 0.6 is 0 Å². The number of hydrogen-bond donors (Lipinski definition) is 1. The van der Waals surface area contributed by atoms with Crippen LogP contribution in [-0.2, 0) is 10.3 Å². The molecule has 0 heterocycles. The number of benzene rings is 1. The Morgan fingerprint density at radius 2 is 1.58 bits per heavy atom. The highest BCUT2D eigenvalue weighted by Crippen LogP contribution is 2.28. The Morgan fingerprint density at radius 3 is 2.00 bits per heavy atom. The molecule has 0 radical (unpaired) electrons. The van der Waals surface area contributed by atoms with E-state index in [4.69, 9.17) is 10.5 Å². The highest BCUT2D eigenvalue weighted by Gasteiger charge is 2.32. The van der Waals surface area contributed by atoms with Crippen molar-refractivity contribution in [1.29, 1.82) is 0 Å². The molecular weight excluding hydrogens is 240 g/mol. The Labute approximate surface area is 115 Å². The minimum Gasteiger partial charge on any atom is -0.444 e. The SMILES string of the molecule is CN(C(=O)OC(C)(C)C)C(C)(C)c1ccc(N)cc1. The summed E-state index contributed by atoms with van der Waals surface area (Å²) < 4.78 is 5.39. The molecular formula is C15H24N2O2. The van der Waals surface area contributed by atoms with Crippen molar-refractivity contribution in [1.82, 2.24) is 4.90 Å². The van der Waals surface area contributed by atoms with Crippen LogP contribution in [0.5, 0.6) is 0 Å². The Balaban J connectivity index is 2.93. The molecule has 0 saturated heterocycles. The van der Waals surface area contributed by atoms with Gasteiger partial charge in [0, 0.05) is 12.7 Å². The molecule has 0 aliphatic carbocycles. The van der Waals surface area contributed by atoms with Crippen molar-refractivity contribution < 1.29 is 9.53 Å². The molecule has 0 atom stereocenters. The van der Waals surface area contributed by atoms with Gasteiger partial charge in [-0.3, -0.25) is 0 Å². The minimum absolute atomic E-state index is 0.339. The van der Waals surface area contributed by atoms with Crippen LogP contribution in [0.25, 0.3) is 0 Å². The summed E-state index contributed by atoms with van der Waals surface area (Å²) in [6.07, 6.45) is -0.339. The number of anilines is 1. The second-order valence-electron chi connectivity index (χ2n) is 6.22. The van der Waals surface area contributed by atoms with Gasteiger partial charge in [-0.05, 0) is 52.3 Å². The van der Waals surface area contributed by atoms with Gasteiger partial charge in [0.1, 0.15) is 5.60 Å². The molecule has 0 aliphatic rings. The van der Waals surface area contributed by atoms with Crippen LogP contribution < -0.4 is 5.73 Å². The van der Waals surface area contributed by atoms with Crippen molar-refractivity contribution in [3.8, 4) is 0 Å². The van der Waals surface area contributed by atoms with Gasteiger partial charge in [-0.2, -0.15) is 0 Å². The molecule has 0 aliphatic heterocycles. The van der Waals surface area contributed by atoms with E-state index in [1.54, 1.807) is 11.9 Å². The number of amides is 1. The van der Waals surface area contributed by atoms with E-state index in [9.17, 15) is 4.79 Å². The Morgan fingerprint density at radius 1 is 1.11 bits per heavy atom. The molecule has 4 heteroatoms. The maximum Gasteiger partial charge on any atom is 0.410 e. The summed E-state index contributed by atoms with van der Waals surface area (Å²) in [5.41, 5.74) is 6.44. The van der Waals surface area contributed by atoms with Gasteiger partial charge in [-0.1, -0.05) is 12.1 Å². The molecule has 1 aromatic carbocycles. The molecule has 19 heavy (non-hydrogen) atoms. The maximum atomic E-state index is 12.1. The van der Waals surface area contributed by atoms with E-state index < -0.39 is 11.1 Å². The van der Waals surface area contributed by atoms with Gasteiger partial charge in [0.05, 0.1) is 5.54 Å². The summed E-state index contributed by atoms with van der Waals surface area (Å²) in [4.78, 5) is 13.7. The topological polar surface area (TPSA) is 55.6 Å². The van der Waals surface area contributed by atoms with Crippen molar-refractivity contribution in [3.63, 3.8) is 0 Å². The molecule has 0 aromatic heterocycles. The van der Waals surface area contributed by atoms with Crippen LogP contribution in [-0.4, -0.2) is 23.6 Å². The predicted octanol–water partition coefficient (Wildman–Crippen LogP) is 3.37. The van der Waals surface area contributed by atoms with Crippen molar-refractivity contribution >= 4 is 11.8 Å². The van der Waals surface area contributed by atoms with Crippen molar-refractivity contribution in [3.05, 3.63) is 29.8 Å². The lowest BCUT2D eigenvalue weighted by molar-refractivity contribution is 0.0104. The molecule has 1 amide bonds. The molecule has 4 nitrogen and oxygen atoms in total. The molecule has 106 valence electrons. The highest BCUT2D eigenvalue weighted by atomic mass is 16.6. The first kappa shape index (κ1) is 15.3. The number of nitrogens with zero attached hydrogens (tertiary/aromatic N) is 1. The standard InChI is InChI=1S/C15H24N2O2/c1-14(2,3)19-13(18)17(6)15(4,5)11-7-9-12(16)10-8-11/h7-10H,16H2,1-6H3. The average Bonchev–Trinajstić information content (AvgIpc) is 2.26. The van der Waals surface area contributed by atoms with Crippen LogP contribution in [0, 0.1) is 0 Å². The van der Waals surface area contributed by atoms with Crippen LogP contribution in [0.2, 0.25) is 0 Å². The molecule has 0 saturated carbocycles. The summed E-state index contributed by atoms with van der Waals surface area (Å²) >= 11 is 0. The smallest absolute Gasteiger partial charge is 0.410 e. The zero-order chi connectivity index (χ0) is 14.8. The first-order valence-corrected chi connectivity index (χ1v) is 6.37. The molecule has 2 N–H and O–H groups in total. The van der Waals surface area contributed by atoms with E-state index in [1.165, 1.54) is 0 Å². The highest BCUT2D eigenvalue weighted by molar-refractivity contribution is 5.69. The molecule has 0 bridgehead atoms. The third-order valence-corrected chi connectivity index (χ3v) is 3.12. The first-order chi connectivity index (χ1) is 8.54. The van der Waals surface area contributed by atoms with Gasteiger partial charge in [-0.25, -0.2) is 4.79 Å². The van der Waals surface area contributed by atoms with Crippen molar-refractivity contribution in [2.24, 2.45) is 0 Å². The Hall–Kier alpha value is -1.71. The van der Waals surface area contributed by atoms with Gasteiger partial charge in [-0.15, -0.1) is 0 Å². The summed E-state index contributed by atoms with van der Waals surface area (Å²) in [6, 6.07) is 7.52. The summed E-state index contributed by atoms with van der Waals surface area (Å²) in [5, 5.41) is 0. The fourth-order valence-corrected chi connectivity index (χ4v) is 1.64. The van der Waals surface area contributed by atoms with Gasteiger partial charge in [0.25, 0.3) is 0 Å². The minimum atomic E-state index is -0.497. The lowest BCUT2D eigenvalue weighted by Crippen LogP contribution is -2.45. The second kappa shape index (κ2) is 5.11. The van der Waals surface area contributed by atoms with E-state index in [1.807, 2.05) is 58.9 Å². The number of rotatable bonds is 2. The number of carbonyl (C=O) groups is 1. The van der Waals surface area contributed by atoms with Gasteiger partial charge in [0.2, 0.25) is 0 Å². The van der Waals surface area contributed by atoms with Crippen LogP contribution in [0.1, 0.15) is 40.2 Å². The maximum absolute atomic E-state index is 12.1. The van der Waals surface area contributed by atoms with Gasteiger partial charge >= 0.3 is 6.09 Å². The van der Waals surface area contributed by atoms with Crippen LogP contribution in [0.3, 0.4) is 0 Å². The number of carbonyl (C=O) groups excluding carboxylic acids is 1. The zero-order valence-corrected chi connectivity index (χ0v) is 12.7. The van der Waals surface area contributed by atoms with E-state index >= 15 is 0 Å². The van der Waals surface area contributed by atoms with Crippen LogP contribution in [0.4, 0.5) is 10.5 Å². The fraction of sp³-hybridized carbons (Fsp3) is 0.533. The van der Waals surface area contributed by atoms with Crippen molar-refractivity contribution in [2.75, 3.05) is 12.8 Å². The third kappa shape index (κ3) is 3.88. The third-order valence-electron chi connectivity index (χ3n) is 3.12. The summed E-state index contributed by atoms with van der Waals surface area (Å²) in [6.45, 7) is 9.52. The van der Waals surface area contributed by atoms with E-state index in [0.717, 1.165) is 5.56 Å². The molecule has 0 fully saturated rings. The quantitative estimate of drug-likeness (QED) is 0.833. The number of ether oxygens (including phenoxy) is 1. The predicted molar refractivity (Wildman–Crippen MR) is 77.9 cm³/mol. The number of nitrogen functional groups attached to an aromatic ring is 1. The number of hydrogen-bond acceptors (Lipinski definition) is 3. The van der Waals surface area contributed by atoms with Gasteiger partial charge in [0.15, 0.2) is 0 Å². The van der Waals surface area contributed by atoms with E-state index in [0.29, 0.717) is 5.69 Å². The lowest BCUT2D eigenvalue weighted by atomic mass is 9.93. The molecule has 1 aromatic rings. The van der Waals surface area contributed by atoms with E-state index in [-0.39, 0.29) is 6.09 Å². The molecule has 0 spiro atoms. The van der Waals surface area contributed by atoms with Crippen LogP contribution in [0.15, 0.2) is 24.3 Å². The Kier molecular flexibility index (Phi) is 4.13. The largest absolute Gasteiger partial charge is 0.444 e. The monoisotopic (exact) mass is 264 g/mol. The fourth-order valence-electron chi connectivity index (χ4n) is 1.64. The average molecular weight is 264 g/mol. The first-order valence-electron chi connectivity index (χ1n) is 6.37. The zero-order valence-electron chi connectivity index (χ0n) is 12.7. The summed E-state index contributed by atoms with van der Waals surface area (Å²) in [7, 11) is 1.74. The normalized spacial score (nSPS) is 12.1. The summed E-state index contributed by atoms with van der Waals surface area (Å²) in [5.74, 6) is 0. The Bertz CT molecular complexity index is 444. The van der Waals surface area contributed by atoms with Gasteiger partial charge < -0.3 is 15.4 Å². The molecule has 0 unspecified atom stereocenters. The lowest BCUT2D eigenvalue weighted by Gasteiger charge is -2.37. The van der Waals surface area contributed by atoms with E-state index in [2.05, 4.69) is 0 Å².